The van der Waals surface area contributed by atoms with Crippen LogP contribution in [0.4, 0.5) is 4.39 Å². The Balaban J connectivity index is 2.15. The summed E-state index contributed by atoms with van der Waals surface area (Å²) in [6, 6.07) is 10.6. The smallest absolute Gasteiger partial charge is 0.168 e. The summed E-state index contributed by atoms with van der Waals surface area (Å²) in [4.78, 5) is 0. The molecule has 0 aliphatic rings. The second-order valence-corrected chi connectivity index (χ2v) is 4.00. The molecule has 0 atom stereocenters. The molecule has 0 saturated carbocycles. The maximum absolute atomic E-state index is 13.2. The van der Waals surface area contributed by atoms with E-state index in [2.05, 4.69) is 10.2 Å². The Kier molecular flexibility index (Phi) is 2.53. The highest BCUT2D eigenvalue weighted by atomic mass is 19.1. The predicted molar refractivity (Wildman–Crippen MR) is 66.3 cm³/mol. The summed E-state index contributed by atoms with van der Waals surface area (Å²) in [7, 11) is 0. The van der Waals surface area contributed by atoms with Crippen LogP contribution < -0.4 is 5.73 Å². The van der Waals surface area contributed by atoms with E-state index in [1.165, 1.54) is 12.3 Å². The molecule has 90 valence electrons. The van der Waals surface area contributed by atoms with Gasteiger partial charge in [-0.1, -0.05) is 24.3 Å². The highest BCUT2D eigenvalue weighted by Crippen LogP contribution is 2.19. The number of rotatable bonds is 2. The van der Waals surface area contributed by atoms with Crippen LogP contribution in [-0.2, 0) is 6.54 Å². The monoisotopic (exact) mass is 242 g/mol. The molecular formula is C13H11FN4. The van der Waals surface area contributed by atoms with Crippen LogP contribution in [0.25, 0.3) is 17.0 Å². The minimum atomic E-state index is -0.317. The lowest BCUT2D eigenvalue weighted by atomic mass is 10.1. The highest BCUT2D eigenvalue weighted by Gasteiger charge is 2.08. The molecule has 0 fully saturated rings. The molecule has 2 heterocycles. The van der Waals surface area contributed by atoms with Gasteiger partial charge in [0.05, 0.1) is 0 Å². The zero-order valence-electron chi connectivity index (χ0n) is 9.55. The molecule has 4 nitrogen and oxygen atoms in total. The zero-order chi connectivity index (χ0) is 12.5. The van der Waals surface area contributed by atoms with Gasteiger partial charge >= 0.3 is 0 Å². The van der Waals surface area contributed by atoms with Crippen LogP contribution in [0.1, 0.15) is 5.56 Å². The van der Waals surface area contributed by atoms with Crippen molar-refractivity contribution in [2.75, 3.05) is 0 Å². The molecule has 0 amide bonds. The van der Waals surface area contributed by atoms with Gasteiger partial charge in [-0.2, -0.15) is 0 Å². The number of nitrogens with two attached hydrogens (primary N) is 1. The first-order chi connectivity index (χ1) is 8.78. The Morgan fingerprint density at radius 3 is 2.56 bits per heavy atom. The SMILES string of the molecule is NCc1ccc(-c2nnc3ccc(F)cn23)cc1. The van der Waals surface area contributed by atoms with Crippen molar-refractivity contribution in [1.29, 1.82) is 0 Å². The number of halogens is 1. The Bertz CT molecular complexity index is 688. The van der Waals surface area contributed by atoms with Gasteiger partial charge in [-0.05, 0) is 17.7 Å². The van der Waals surface area contributed by atoms with Crippen molar-refractivity contribution in [3.05, 3.63) is 54.0 Å². The first-order valence-electron chi connectivity index (χ1n) is 5.57. The fraction of sp³-hybridized carbons (Fsp3) is 0.0769. The Morgan fingerprint density at radius 2 is 1.83 bits per heavy atom. The van der Waals surface area contributed by atoms with E-state index in [1.807, 2.05) is 24.3 Å². The summed E-state index contributed by atoms with van der Waals surface area (Å²) in [5.41, 5.74) is 8.09. The lowest BCUT2D eigenvalue weighted by Gasteiger charge is -2.01. The molecular weight excluding hydrogens is 231 g/mol. The minimum Gasteiger partial charge on any atom is -0.326 e. The third-order valence-electron chi connectivity index (χ3n) is 2.81. The van der Waals surface area contributed by atoms with Crippen LogP contribution in [0.2, 0.25) is 0 Å². The molecule has 2 aromatic heterocycles. The molecule has 18 heavy (non-hydrogen) atoms. The molecule has 0 aliphatic carbocycles. The van der Waals surface area contributed by atoms with E-state index in [-0.39, 0.29) is 5.82 Å². The zero-order valence-corrected chi connectivity index (χ0v) is 9.55. The van der Waals surface area contributed by atoms with Crippen LogP contribution in [0.3, 0.4) is 0 Å². The van der Waals surface area contributed by atoms with E-state index in [9.17, 15) is 4.39 Å². The molecule has 0 bridgehead atoms. The lowest BCUT2D eigenvalue weighted by molar-refractivity contribution is 0.619. The molecule has 1 aromatic carbocycles. The van der Waals surface area contributed by atoms with Gasteiger partial charge in [0.25, 0.3) is 0 Å². The van der Waals surface area contributed by atoms with Crippen molar-refractivity contribution in [1.82, 2.24) is 14.6 Å². The number of benzene rings is 1. The van der Waals surface area contributed by atoms with E-state index in [1.54, 1.807) is 10.5 Å². The molecule has 3 aromatic rings. The fourth-order valence-corrected chi connectivity index (χ4v) is 1.85. The van der Waals surface area contributed by atoms with Gasteiger partial charge in [0.15, 0.2) is 11.5 Å². The summed E-state index contributed by atoms with van der Waals surface area (Å²) in [6.45, 7) is 0.496. The number of aromatic nitrogens is 3. The van der Waals surface area contributed by atoms with E-state index in [0.29, 0.717) is 18.0 Å². The van der Waals surface area contributed by atoms with Crippen LogP contribution in [0.5, 0.6) is 0 Å². The number of nitrogens with zero attached hydrogens (tertiary/aromatic N) is 3. The normalized spacial score (nSPS) is 11.0. The third kappa shape index (κ3) is 1.74. The summed E-state index contributed by atoms with van der Waals surface area (Å²) in [5, 5.41) is 8.08. The van der Waals surface area contributed by atoms with E-state index < -0.39 is 0 Å². The quantitative estimate of drug-likeness (QED) is 0.747. The van der Waals surface area contributed by atoms with Gasteiger partial charge in [-0.15, -0.1) is 10.2 Å². The van der Waals surface area contributed by atoms with Gasteiger partial charge in [-0.25, -0.2) is 4.39 Å². The van der Waals surface area contributed by atoms with Crippen molar-refractivity contribution < 1.29 is 4.39 Å². The third-order valence-corrected chi connectivity index (χ3v) is 2.81. The van der Waals surface area contributed by atoms with Gasteiger partial charge < -0.3 is 5.73 Å². The van der Waals surface area contributed by atoms with E-state index >= 15 is 0 Å². The van der Waals surface area contributed by atoms with Crippen molar-refractivity contribution in [3.63, 3.8) is 0 Å². The second-order valence-electron chi connectivity index (χ2n) is 4.00. The average Bonchev–Trinajstić information content (AvgIpc) is 2.82. The number of hydrogen-bond donors (Lipinski definition) is 1. The summed E-state index contributed by atoms with van der Waals surface area (Å²) >= 11 is 0. The minimum absolute atomic E-state index is 0.317. The number of hydrogen-bond acceptors (Lipinski definition) is 3. The lowest BCUT2D eigenvalue weighted by Crippen LogP contribution is -1.96. The van der Waals surface area contributed by atoms with Crippen LogP contribution in [-0.4, -0.2) is 14.6 Å². The van der Waals surface area contributed by atoms with E-state index in [0.717, 1.165) is 11.1 Å². The molecule has 0 saturated heterocycles. The van der Waals surface area contributed by atoms with Crippen LogP contribution in [0, 0.1) is 5.82 Å². The first-order valence-corrected chi connectivity index (χ1v) is 5.57. The van der Waals surface area contributed by atoms with Gasteiger partial charge in [-0.3, -0.25) is 4.40 Å². The Labute approximate surface area is 103 Å². The first kappa shape index (κ1) is 10.9. The molecule has 0 spiro atoms. The Morgan fingerprint density at radius 1 is 1.06 bits per heavy atom. The predicted octanol–water partition coefficient (Wildman–Crippen LogP) is 1.99. The van der Waals surface area contributed by atoms with Crippen molar-refractivity contribution in [2.45, 2.75) is 6.54 Å². The number of fused-ring (bicyclic) bond motifs is 1. The molecule has 5 heteroatoms. The summed E-state index contributed by atoms with van der Waals surface area (Å²) in [6.07, 6.45) is 1.38. The second kappa shape index (κ2) is 4.19. The standard InChI is InChI=1S/C13H11FN4/c14-11-5-6-12-16-17-13(18(12)8-11)10-3-1-9(7-15)2-4-10/h1-6,8H,7,15H2. The molecule has 2 N–H and O–H groups in total. The maximum Gasteiger partial charge on any atom is 0.168 e. The average molecular weight is 242 g/mol. The Hall–Kier alpha value is -2.27. The summed E-state index contributed by atoms with van der Waals surface area (Å²) in [5.74, 6) is 0.301. The van der Waals surface area contributed by atoms with E-state index in [4.69, 9.17) is 5.73 Å². The molecule has 0 unspecified atom stereocenters. The maximum atomic E-state index is 13.2. The highest BCUT2D eigenvalue weighted by molar-refractivity contribution is 5.59. The van der Waals surface area contributed by atoms with Crippen LogP contribution in [0.15, 0.2) is 42.6 Å². The van der Waals surface area contributed by atoms with Crippen molar-refractivity contribution in [2.24, 2.45) is 5.73 Å². The molecule has 0 radical (unpaired) electrons. The van der Waals surface area contributed by atoms with Gasteiger partial charge in [0.1, 0.15) is 5.82 Å². The van der Waals surface area contributed by atoms with Gasteiger partial charge in [0, 0.05) is 18.3 Å². The molecule has 3 rings (SSSR count). The van der Waals surface area contributed by atoms with Gasteiger partial charge in [0.2, 0.25) is 0 Å². The summed E-state index contributed by atoms with van der Waals surface area (Å²) < 4.78 is 14.9. The molecule has 0 aliphatic heterocycles. The van der Waals surface area contributed by atoms with Crippen molar-refractivity contribution >= 4 is 5.65 Å². The fourth-order valence-electron chi connectivity index (χ4n) is 1.85. The van der Waals surface area contributed by atoms with Crippen molar-refractivity contribution in [3.8, 4) is 11.4 Å². The number of pyridine rings is 1. The topological polar surface area (TPSA) is 56.2 Å². The van der Waals surface area contributed by atoms with Crippen LogP contribution >= 0.6 is 0 Å². The largest absolute Gasteiger partial charge is 0.326 e.